The topological polar surface area (TPSA) is 0 Å². The molecule has 0 atom stereocenters. The zero-order chi connectivity index (χ0) is 7.97. The highest BCUT2D eigenvalue weighted by atomic mass is 14.2. The fourth-order valence-electron chi connectivity index (χ4n) is 2.15. The molecule has 0 radical (unpaired) electrons. The van der Waals surface area contributed by atoms with Gasteiger partial charge in [-0.2, -0.15) is 0 Å². The normalized spacial score (nSPS) is 25.3. The minimum Gasteiger partial charge on any atom is -0.0766 e. The monoisotopic (exact) mass is 156 g/mol. The third-order valence-electron chi connectivity index (χ3n) is 3.04. The van der Waals surface area contributed by atoms with E-state index in [0.717, 1.165) is 0 Å². The summed E-state index contributed by atoms with van der Waals surface area (Å²) in [5, 5.41) is 0. The van der Waals surface area contributed by atoms with E-state index < -0.39 is 0 Å². The molecule has 0 heteroatoms. The van der Waals surface area contributed by atoms with Gasteiger partial charge in [0, 0.05) is 0 Å². The third-order valence-corrected chi connectivity index (χ3v) is 3.04. The predicted octanol–water partition coefficient (Wildman–Crippen LogP) is 3.29. The van der Waals surface area contributed by atoms with Crippen molar-refractivity contribution in [3.8, 4) is 0 Å². The first kappa shape index (κ1) is 6.47. The Labute approximate surface area is 73.0 Å². The number of allylic oxidation sites excluding steroid dienone is 8. The van der Waals surface area contributed by atoms with Crippen LogP contribution in [-0.2, 0) is 0 Å². The van der Waals surface area contributed by atoms with Gasteiger partial charge in [0.2, 0.25) is 0 Å². The molecule has 0 aliphatic heterocycles. The summed E-state index contributed by atoms with van der Waals surface area (Å²) in [5.41, 5.74) is 6.19. The summed E-state index contributed by atoms with van der Waals surface area (Å²) >= 11 is 0. The van der Waals surface area contributed by atoms with Gasteiger partial charge in [-0.15, -0.1) is 0 Å². The molecule has 0 aromatic rings. The molecule has 3 rings (SSSR count). The van der Waals surface area contributed by atoms with Crippen molar-refractivity contribution >= 4 is 0 Å². The van der Waals surface area contributed by atoms with Crippen molar-refractivity contribution in [1.82, 2.24) is 0 Å². The van der Waals surface area contributed by atoms with Gasteiger partial charge in [-0.1, -0.05) is 24.3 Å². The van der Waals surface area contributed by atoms with Crippen molar-refractivity contribution in [1.29, 1.82) is 0 Å². The maximum Gasteiger partial charge on any atom is -0.0235 e. The molecule has 1 saturated carbocycles. The predicted molar refractivity (Wildman–Crippen MR) is 50.8 cm³/mol. The molecule has 0 aromatic carbocycles. The second-order valence-corrected chi connectivity index (χ2v) is 3.75. The highest BCUT2D eigenvalue weighted by molar-refractivity contribution is 5.56. The second kappa shape index (κ2) is 2.22. The van der Waals surface area contributed by atoms with Crippen molar-refractivity contribution in [3.63, 3.8) is 0 Å². The lowest BCUT2D eigenvalue weighted by molar-refractivity contribution is 0.825. The largest absolute Gasteiger partial charge is 0.0766 e. The Morgan fingerprint density at radius 1 is 0.833 bits per heavy atom. The molecule has 60 valence electrons. The molecule has 0 spiro atoms. The van der Waals surface area contributed by atoms with Crippen LogP contribution in [0.3, 0.4) is 0 Å². The van der Waals surface area contributed by atoms with Gasteiger partial charge in [0.1, 0.15) is 0 Å². The van der Waals surface area contributed by atoms with Gasteiger partial charge >= 0.3 is 0 Å². The summed E-state index contributed by atoms with van der Waals surface area (Å²) in [4.78, 5) is 0. The van der Waals surface area contributed by atoms with Gasteiger partial charge in [0.25, 0.3) is 0 Å². The lowest BCUT2D eigenvalue weighted by Crippen LogP contribution is -2.01. The standard InChI is InChI=1S/C12H12/c1-2-9-4-5-10-6-7-12(10)8-11(9)3-1/h3-5,8H,1-2,6-7H2. The van der Waals surface area contributed by atoms with Crippen LogP contribution in [-0.4, -0.2) is 0 Å². The van der Waals surface area contributed by atoms with Crippen molar-refractivity contribution in [2.45, 2.75) is 25.7 Å². The molecule has 3 aliphatic rings. The van der Waals surface area contributed by atoms with Crippen LogP contribution in [0.25, 0.3) is 0 Å². The van der Waals surface area contributed by atoms with E-state index in [1.54, 1.807) is 16.7 Å². The molecular formula is C12H12. The summed E-state index contributed by atoms with van der Waals surface area (Å²) in [6.07, 6.45) is 14.5. The Morgan fingerprint density at radius 2 is 1.67 bits per heavy atom. The highest BCUT2D eigenvalue weighted by Crippen LogP contribution is 2.39. The summed E-state index contributed by atoms with van der Waals surface area (Å²) in [7, 11) is 0. The van der Waals surface area contributed by atoms with Crippen molar-refractivity contribution in [2.75, 3.05) is 0 Å². The minimum atomic E-state index is 1.24. The number of hydrogen-bond donors (Lipinski definition) is 0. The van der Waals surface area contributed by atoms with E-state index >= 15 is 0 Å². The lowest BCUT2D eigenvalue weighted by atomic mass is 9.85. The van der Waals surface area contributed by atoms with Gasteiger partial charge in [0.05, 0.1) is 0 Å². The Balaban J connectivity index is 2.12. The van der Waals surface area contributed by atoms with Gasteiger partial charge < -0.3 is 0 Å². The number of fused-ring (bicyclic) bond motifs is 2. The Bertz CT molecular complexity index is 348. The lowest BCUT2D eigenvalue weighted by Gasteiger charge is -2.20. The van der Waals surface area contributed by atoms with Crippen LogP contribution < -0.4 is 0 Å². The van der Waals surface area contributed by atoms with Crippen LogP contribution in [0.1, 0.15) is 25.7 Å². The van der Waals surface area contributed by atoms with Crippen molar-refractivity contribution in [3.05, 3.63) is 46.6 Å². The fraction of sp³-hybridized carbons (Fsp3) is 0.333. The molecule has 0 amide bonds. The molecule has 3 aliphatic carbocycles. The maximum absolute atomic E-state index is 2.39. The maximum atomic E-state index is 2.39. The molecule has 0 aromatic heterocycles. The summed E-state index contributed by atoms with van der Waals surface area (Å²) in [5.74, 6) is 0. The molecule has 0 N–H and O–H groups in total. The first-order valence-electron chi connectivity index (χ1n) is 4.75. The summed E-state index contributed by atoms with van der Waals surface area (Å²) in [6.45, 7) is 0. The van der Waals surface area contributed by atoms with E-state index in [0.29, 0.717) is 0 Å². The number of rotatable bonds is 0. The Kier molecular flexibility index (Phi) is 1.20. The molecule has 0 unspecified atom stereocenters. The summed E-state index contributed by atoms with van der Waals surface area (Å²) in [6, 6.07) is 0. The molecule has 0 heterocycles. The first-order chi connectivity index (χ1) is 5.93. The first-order valence-corrected chi connectivity index (χ1v) is 4.75. The van der Waals surface area contributed by atoms with Crippen molar-refractivity contribution in [2.24, 2.45) is 0 Å². The fourth-order valence-corrected chi connectivity index (χ4v) is 2.15. The van der Waals surface area contributed by atoms with E-state index in [1.165, 1.54) is 31.3 Å². The molecule has 12 heavy (non-hydrogen) atoms. The number of hydrogen-bond acceptors (Lipinski definition) is 0. The quantitative estimate of drug-likeness (QED) is 0.505. The Hall–Kier alpha value is -1.04. The van der Waals surface area contributed by atoms with Crippen LogP contribution in [0.15, 0.2) is 46.6 Å². The SMILES string of the molecule is C1=C2C=C3CCC3=CC=C2CC1. The van der Waals surface area contributed by atoms with E-state index in [-0.39, 0.29) is 0 Å². The second-order valence-electron chi connectivity index (χ2n) is 3.75. The Morgan fingerprint density at radius 3 is 2.50 bits per heavy atom. The van der Waals surface area contributed by atoms with Crippen LogP contribution >= 0.6 is 0 Å². The minimum absolute atomic E-state index is 1.24. The van der Waals surface area contributed by atoms with Crippen LogP contribution in [0.2, 0.25) is 0 Å². The smallest absolute Gasteiger partial charge is 0.0235 e. The van der Waals surface area contributed by atoms with E-state index in [4.69, 9.17) is 0 Å². The van der Waals surface area contributed by atoms with E-state index in [1.807, 2.05) is 0 Å². The van der Waals surface area contributed by atoms with E-state index in [9.17, 15) is 0 Å². The van der Waals surface area contributed by atoms with Gasteiger partial charge in [-0.25, -0.2) is 0 Å². The van der Waals surface area contributed by atoms with Crippen LogP contribution in [0, 0.1) is 0 Å². The zero-order valence-electron chi connectivity index (χ0n) is 7.14. The zero-order valence-corrected chi connectivity index (χ0v) is 7.14. The molecular weight excluding hydrogens is 144 g/mol. The molecule has 1 fully saturated rings. The molecule has 0 bridgehead atoms. The average molecular weight is 156 g/mol. The molecule has 0 saturated heterocycles. The average Bonchev–Trinajstić information content (AvgIpc) is 2.42. The third kappa shape index (κ3) is 0.781. The van der Waals surface area contributed by atoms with Gasteiger partial charge in [-0.3, -0.25) is 0 Å². The molecule has 0 nitrogen and oxygen atoms in total. The van der Waals surface area contributed by atoms with Crippen LogP contribution in [0.4, 0.5) is 0 Å². The van der Waals surface area contributed by atoms with Crippen LogP contribution in [0.5, 0.6) is 0 Å². The summed E-state index contributed by atoms with van der Waals surface area (Å²) < 4.78 is 0. The van der Waals surface area contributed by atoms with Crippen molar-refractivity contribution < 1.29 is 0 Å². The van der Waals surface area contributed by atoms with Gasteiger partial charge in [0.15, 0.2) is 0 Å². The highest BCUT2D eigenvalue weighted by Gasteiger charge is 2.20. The van der Waals surface area contributed by atoms with E-state index in [2.05, 4.69) is 24.3 Å². The van der Waals surface area contributed by atoms with Gasteiger partial charge in [-0.05, 0) is 48.0 Å².